The zero-order chi connectivity index (χ0) is 9.97. The molecule has 0 radical (unpaired) electrons. The van der Waals surface area contributed by atoms with E-state index in [1.165, 1.54) is 11.1 Å². The Bertz CT molecular complexity index is 311. The van der Waals surface area contributed by atoms with Crippen LogP contribution in [0, 0.1) is 0 Å². The molecular weight excluding hydrogens is 178 g/mol. The molecule has 1 aromatic rings. The van der Waals surface area contributed by atoms with E-state index in [1.54, 1.807) is 7.11 Å². The van der Waals surface area contributed by atoms with Gasteiger partial charge in [0.25, 0.3) is 0 Å². The highest BCUT2D eigenvalue weighted by Crippen LogP contribution is 2.26. The number of hydrogen-bond acceptors (Lipinski definition) is 3. The monoisotopic (exact) mass is 193 g/mol. The van der Waals surface area contributed by atoms with Gasteiger partial charge in [0.15, 0.2) is 0 Å². The molecule has 0 aliphatic carbocycles. The molecule has 0 amide bonds. The van der Waals surface area contributed by atoms with Gasteiger partial charge in [-0.05, 0) is 18.1 Å². The SMILES string of the molecule is COc1cccc2c1C[C@@H](CO)NC2. The van der Waals surface area contributed by atoms with E-state index in [-0.39, 0.29) is 12.6 Å². The first-order chi connectivity index (χ1) is 6.85. The largest absolute Gasteiger partial charge is 0.496 e. The highest BCUT2D eigenvalue weighted by Gasteiger charge is 2.19. The van der Waals surface area contributed by atoms with Crippen LogP contribution in [0.3, 0.4) is 0 Å². The van der Waals surface area contributed by atoms with E-state index in [9.17, 15) is 0 Å². The third-order valence-electron chi connectivity index (χ3n) is 2.70. The fourth-order valence-electron chi connectivity index (χ4n) is 1.90. The van der Waals surface area contributed by atoms with Crippen molar-refractivity contribution < 1.29 is 9.84 Å². The van der Waals surface area contributed by atoms with Crippen LogP contribution in [-0.2, 0) is 13.0 Å². The van der Waals surface area contributed by atoms with Crippen molar-refractivity contribution in [2.45, 2.75) is 19.0 Å². The van der Waals surface area contributed by atoms with Gasteiger partial charge in [0.1, 0.15) is 5.75 Å². The second-order valence-electron chi connectivity index (χ2n) is 3.56. The van der Waals surface area contributed by atoms with Crippen LogP contribution in [-0.4, -0.2) is 24.9 Å². The lowest BCUT2D eigenvalue weighted by molar-refractivity contribution is 0.234. The second kappa shape index (κ2) is 3.98. The number of rotatable bonds is 2. The normalized spacial score (nSPS) is 20.3. The van der Waals surface area contributed by atoms with Crippen LogP contribution in [0.4, 0.5) is 0 Å². The fraction of sp³-hybridized carbons (Fsp3) is 0.455. The van der Waals surface area contributed by atoms with Crippen molar-refractivity contribution in [3.05, 3.63) is 29.3 Å². The van der Waals surface area contributed by atoms with Gasteiger partial charge in [-0.2, -0.15) is 0 Å². The number of fused-ring (bicyclic) bond motifs is 1. The van der Waals surface area contributed by atoms with Crippen LogP contribution >= 0.6 is 0 Å². The quantitative estimate of drug-likeness (QED) is 0.726. The minimum Gasteiger partial charge on any atom is -0.496 e. The summed E-state index contributed by atoms with van der Waals surface area (Å²) in [5.74, 6) is 0.933. The number of aliphatic hydroxyl groups excluding tert-OH is 1. The molecule has 76 valence electrons. The molecule has 0 aromatic heterocycles. The van der Waals surface area contributed by atoms with Crippen molar-refractivity contribution in [2.75, 3.05) is 13.7 Å². The molecule has 14 heavy (non-hydrogen) atoms. The Morgan fingerprint density at radius 2 is 2.43 bits per heavy atom. The van der Waals surface area contributed by atoms with Crippen LogP contribution < -0.4 is 10.1 Å². The Morgan fingerprint density at radius 3 is 3.14 bits per heavy atom. The zero-order valence-corrected chi connectivity index (χ0v) is 8.29. The minimum atomic E-state index is 0.166. The van der Waals surface area contributed by atoms with Crippen molar-refractivity contribution in [3.8, 4) is 5.75 Å². The van der Waals surface area contributed by atoms with Crippen LogP contribution in [0.5, 0.6) is 5.75 Å². The van der Waals surface area contributed by atoms with Crippen LogP contribution in [0.1, 0.15) is 11.1 Å². The van der Waals surface area contributed by atoms with Crippen molar-refractivity contribution in [1.29, 1.82) is 0 Å². The van der Waals surface area contributed by atoms with Crippen molar-refractivity contribution >= 4 is 0 Å². The van der Waals surface area contributed by atoms with Gasteiger partial charge in [-0.3, -0.25) is 0 Å². The molecule has 0 spiro atoms. The predicted octanol–water partition coefficient (Wildman–Crippen LogP) is 0.702. The average molecular weight is 193 g/mol. The smallest absolute Gasteiger partial charge is 0.122 e. The Kier molecular flexibility index (Phi) is 2.70. The summed E-state index contributed by atoms with van der Waals surface area (Å²) >= 11 is 0. The summed E-state index contributed by atoms with van der Waals surface area (Å²) in [5.41, 5.74) is 2.50. The molecular formula is C11H15NO2. The molecule has 0 fully saturated rings. The number of methoxy groups -OCH3 is 1. The summed E-state index contributed by atoms with van der Waals surface area (Å²) in [4.78, 5) is 0. The second-order valence-corrected chi connectivity index (χ2v) is 3.56. The molecule has 3 nitrogen and oxygen atoms in total. The maximum Gasteiger partial charge on any atom is 0.122 e. The number of nitrogens with one attached hydrogen (secondary N) is 1. The molecule has 2 rings (SSSR count). The maximum absolute atomic E-state index is 9.08. The number of aliphatic hydroxyl groups is 1. The first-order valence-electron chi connectivity index (χ1n) is 4.84. The maximum atomic E-state index is 9.08. The average Bonchev–Trinajstić information content (AvgIpc) is 2.27. The summed E-state index contributed by atoms with van der Waals surface area (Å²) in [5, 5.41) is 12.3. The van der Waals surface area contributed by atoms with Gasteiger partial charge in [0.05, 0.1) is 13.7 Å². The third kappa shape index (κ3) is 1.61. The Hall–Kier alpha value is -1.06. The van der Waals surface area contributed by atoms with Crippen molar-refractivity contribution in [2.24, 2.45) is 0 Å². The number of ether oxygens (including phenoxy) is 1. The van der Waals surface area contributed by atoms with Gasteiger partial charge in [0.2, 0.25) is 0 Å². The van der Waals surface area contributed by atoms with Crippen molar-refractivity contribution in [3.63, 3.8) is 0 Å². The first-order valence-corrected chi connectivity index (χ1v) is 4.84. The number of benzene rings is 1. The van der Waals surface area contributed by atoms with Gasteiger partial charge >= 0.3 is 0 Å². The third-order valence-corrected chi connectivity index (χ3v) is 2.70. The summed E-state index contributed by atoms with van der Waals surface area (Å²) < 4.78 is 5.30. The van der Waals surface area contributed by atoms with Gasteiger partial charge in [-0.25, -0.2) is 0 Å². The highest BCUT2D eigenvalue weighted by atomic mass is 16.5. The Labute approximate surface area is 83.7 Å². The molecule has 1 aliphatic rings. The van der Waals surface area contributed by atoms with E-state index in [0.29, 0.717) is 0 Å². The summed E-state index contributed by atoms with van der Waals surface area (Å²) in [6.07, 6.45) is 0.843. The van der Waals surface area contributed by atoms with E-state index in [2.05, 4.69) is 11.4 Å². The van der Waals surface area contributed by atoms with Gasteiger partial charge in [0, 0.05) is 18.2 Å². The first kappa shape index (κ1) is 9.49. The van der Waals surface area contributed by atoms with E-state index >= 15 is 0 Å². The topological polar surface area (TPSA) is 41.5 Å². The molecule has 1 aliphatic heterocycles. The molecule has 1 heterocycles. The molecule has 3 heteroatoms. The lowest BCUT2D eigenvalue weighted by atomic mass is 9.95. The van der Waals surface area contributed by atoms with Crippen LogP contribution in [0.25, 0.3) is 0 Å². The zero-order valence-electron chi connectivity index (χ0n) is 8.29. The molecule has 1 atom stereocenters. The summed E-state index contributed by atoms with van der Waals surface area (Å²) in [7, 11) is 1.69. The van der Waals surface area contributed by atoms with E-state index in [4.69, 9.17) is 9.84 Å². The molecule has 1 aromatic carbocycles. The van der Waals surface area contributed by atoms with Crippen LogP contribution in [0.15, 0.2) is 18.2 Å². The van der Waals surface area contributed by atoms with Crippen molar-refractivity contribution in [1.82, 2.24) is 5.32 Å². The highest BCUT2D eigenvalue weighted by molar-refractivity contribution is 5.42. The standard InChI is InChI=1S/C11H15NO2/c1-14-11-4-2-3-8-6-12-9(7-13)5-10(8)11/h2-4,9,12-13H,5-7H2,1H3/t9-/m0/s1. The lowest BCUT2D eigenvalue weighted by Gasteiger charge is -2.25. The van der Waals surface area contributed by atoms with Gasteiger partial charge < -0.3 is 15.2 Å². The van der Waals surface area contributed by atoms with Gasteiger partial charge in [-0.1, -0.05) is 12.1 Å². The molecule has 0 saturated heterocycles. The Balaban J connectivity index is 2.33. The minimum absolute atomic E-state index is 0.166. The fourth-order valence-corrected chi connectivity index (χ4v) is 1.90. The molecule has 0 bridgehead atoms. The van der Waals surface area contributed by atoms with E-state index in [0.717, 1.165) is 18.7 Å². The predicted molar refractivity (Wildman–Crippen MR) is 54.4 cm³/mol. The molecule has 0 unspecified atom stereocenters. The summed E-state index contributed by atoms with van der Waals surface area (Å²) in [6.45, 7) is 0.995. The van der Waals surface area contributed by atoms with Crippen LogP contribution in [0.2, 0.25) is 0 Å². The lowest BCUT2D eigenvalue weighted by Crippen LogP contribution is -2.38. The van der Waals surface area contributed by atoms with E-state index in [1.807, 2.05) is 12.1 Å². The molecule has 0 saturated carbocycles. The van der Waals surface area contributed by atoms with Gasteiger partial charge in [-0.15, -0.1) is 0 Å². The summed E-state index contributed by atoms with van der Waals surface area (Å²) in [6, 6.07) is 6.23. The van der Waals surface area contributed by atoms with E-state index < -0.39 is 0 Å². The Morgan fingerprint density at radius 1 is 1.57 bits per heavy atom. The number of hydrogen-bond donors (Lipinski definition) is 2. The molecule has 2 N–H and O–H groups in total.